The van der Waals surface area contributed by atoms with Crippen LogP contribution in [0.4, 0.5) is 20.6 Å². The summed E-state index contributed by atoms with van der Waals surface area (Å²) in [6.07, 6.45) is 1.54. The van der Waals surface area contributed by atoms with E-state index in [1.807, 2.05) is 0 Å². The minimum Gasteiger partial charge on any atom is -0.480 e. The molecule has 0 aliphatic carbocycles. The van der Waals surface area contributed by atoms with E-state index in [0.29, 0.717) is 32.3 Å². The molecule has 0 aliphatic heterocycles. The molecule has 3 amide bonds. The number of carboxylic acids is 1. The maximum absolute atomic E-state index is 13.8. The van der Waals surface area contributed by atoms with Gasteiger partial charge >= 0.3 is 12.0 Å². The molecular formula is C24H19FN4O5S. The summed E-state index contributed by atoms with van der Waals surface area (Å²) in [6.45, 7) is 1.31. The van der Waals surface area contributed by atoms with Crippen molar-refractivity contribution >= 4 is 50.8 Å². The number of halogens is 1. The Hall–Kier alpha value is -4.51. The second-order valence-electron chi connectivity index (χ2n) is 7.40. The molecule has 9 nitrogen and oxygen atoms in total. The van der Waals surface area contributed by atoms with Crippen LogP contribution < -0.4 is 20.7 Å². The van der Waals surface area contributed by atoms with Crippen molar-refractivity contribution in [2.75, 3.05) is 17.2 Å². The van der Waals surface area contributed by atoms with Gasteiger partial charge in [-0.25, -0.2) is 9.18 Å². The first-order valence-corrected chi connectivity index (χ1v) is 11.1. The van der Waals surface area contributed by atoms with Gasteiger partial charge in [-0.2, -0.15) is 0 Å². The molecular weight excluding hydrogens is 475 g/mol. The number of aryl methyl sites for hydroxylation is 1. The number of carbonyl (C=O) groups is 3. The predicted octanol–water partition coefficient (Wildman–Crippen LogP) is 4.99. The molecule has 0 fully saturated rings. The van der Waals surface area contributed by atoms with Crippen LogP contribution in [0.25, 0.3) is 10.2 Å². The third-order valence-electron chi connectivity index (χ3n) is 4.71. The van der Waals surface area contributed by atoms with Gasteiger partial charge < -0.3 is 25.8 Å². The fourth-order valence-electron chi connectivity index (χ4n) is 3.10. The molecule has 0 saturated carbocycles. The molecule has 0 bridgehead atoms. The van der Waals surface area contributed by atoms with Gasteiger partial charge in [0, 0.05) is 18.0 Å². The van der Waals surface area contributed by atoms with E-state index in [4.69, 9.17) is 9.84 Å². The highest BCUT2D eigenvalue weighted by Crippen LogP contribution is 2.35. The topological polar surface area (TPSA) is 130 Å². The van der Waals surface area contributed by atoms with E-state index in [2.05, 4.69) is 20.9 Å². The number of aliphatic carboxylic acids is 1. The normalized spacial score (nSPS) is 10.6. The number of anilines is 2. The van der Waals surface area contributed by atoms with Gasteiger partial charge in [0.05, 0.1) is 20.8 Å². The standard InChI is InChI=1S/C24H19FN4O5S/c1-13-2-7-16(25)17(10-13)29-24(33)28-14-3-5-15(6-4-14)34-19-8-9-26-18-11-20(35-22(18)19)23(32)27-12-21(30)31/h2-11H,12H2,1H3,(H,27,32)(H,30,31)(H2,28,29,33). The Balaban J connectivity index is 1.43. The summed E-state index contributed by atoms with van der Waals surface area (Å²) in [7, 11) is 0. The number of thiophene rings is 1. The highest BCUT2D eigenvalue weighted by atomic mass is 32.1. The van der Waals surface area contributed by atoms with E-state index in [1.165, 1.54) is 18.3 Å². The average molecular weight is 495 g/mol. The number of rotatable bonds is 7. The van der Waals surface area contributed by atoms with Gasteiger partial charge in [0.25, 0.3) is 5.91 Å². The van der Waals surface area contributed by atoms with Gasteiger partial charge in [-0.1, -0.05) is 6.07 Å². The van der Waals surface area contributed by atoms with Crippen LogP contribution in [0.15, 0.2) is 60.8 Å². The lowest BCUT2D eigenvalue weighted by atomic mass is 10.2. The van der Waals surface area contributed by atoms with E-state index >= 15 is 0 Å². The van der Waals surface area contributed by atoms with Crippen molar-refractivity contribution in [1.82, 2.24) is 10.3 Å². The van der Waals surface area contributed by atoms with Crippen LogP contribution in [-0.4, -0.2) is 34.5 Å². The van der Waals surface area contributed by atoms with Crippen molar-refractivity contribution in [3.63, 3.8) is 0 Å². The van der Waals surface area contributed by atoms with Crippen molar-refractivity contribution in [1.29, 1.82) is 0 Å². The third-order valence-corrected chi connectivity index (χ3v) is 5.85. The number of carboxylic acid groups (broad SMARTS) is 1. The van der Waals surface area contributed by atoms with Crippen LogP contribution in [0.1, 0.15) is 15.2 Å². The van der Waals surface area contributed by atoms with Crippen LogP contribution >= 0.6 is 11.3 Å². The number of amides is 3. The molecule has 0 aliphatic rings. The number of nitrogens with one attached hydrogen (secondary N) is 3. The summed E-state index contributed by atoms with van der Waals surface area (Å²) in [5, 5.41) is 16.1. The summed E-state index contributed by atoms with van der Waals surface area (Å²) in [5.74, 6) is -1.25. The minimum atomic E-state index is -1.14. The van der Waals surface area contributed by atoms with Crippen LogP contribution in [0.5, 0.6) is 11.5 Å². The molecule has 0 unspecified atom stereocenters. The highest BCUT2D eigenvalue weighted by molar-refractivity contribution is 7.21. The lowest BCUT2D eigenvalue weighted by Gasteiger charge is -2.10. The fraction of sp³-hybridized carbons (Fsp3) is 0.0833. The van der Waals surface area contributed by atoms with Gasteiger partial charge in [-0.15, -0.1) is 11.3 Å². The Morgan fingerprint density at radius 1 is 1.06 bits per heavy atom. The smallest absolute Gasteiger partial charge is 0.323 e. The average Bonchev–Trinajstić information content (AvgIpc) is 3.27. The predicted molar refractivity (Wildman–Crippen MR) is 130 cm³/mol. The van der Waals surface area contributed by atoms with E-state index in [9.17, 15) is 18.8 Å². The molecule has 2 aromatic heterocycles. The third kappa shape index (κ3) is 5.89. The van der Waals surface area contributed by atoms with Crippen molar-refractivity contribution in [2.24, 2.45) is 0 Å². The zero-order valence-electron chi connectivity index (χ0n) is 18.3. The number of nitrogens with zero attached hydrogens (tertiary/aromatic N) is 1. The van der Waals surface area contributed by atoms with Crippen molar-refractivity contribution in [3.8, 4) is 11.5 Å². The van der Waals surface area contributed by atoms with Crippen LogP contribution in [0.3, 0.4) is 0 Å². The first-order valence-electron chi connectivity index (χ1n) is 10.3. The second-order valence-corrected chi connectivity index (χ2v) is 8.45. The molecule has 4 aromatic rings. The van der Waals surface area contributed by atoms with E-state index in [0.717, 1.165) is 16.9 Å². The van der Waals surface area contributed by atoms with Gasteiger partial charge in [-0.05, 0) is 55.0 Å². The SMILES string of the molecule is Cc1ccc(F)c(NC(=O)Nc2ccc(Oc3ccnc4cc(C(=O)NCC(=O)O)sc34)cc2)c1. The van der Waals surface area contributed by atoms with Crippen molar-refractivity contribution in [2.45, 2.75) is 6.92 Å². The van der Waals surface area contributed by atoms with Crippen LogP contribution in [-0.2, 0) is 4.79 Å². The summed E-state index contributed by atoms with van der Waals surface area (Å²) < 4.78 is 20.4. The van der Waals surface area contributed by atoms with Crippen molar-refractivity contribution < 1.29 is 28.6 Å². The number of carbonyl (C=O) groups excluding carboxylic acids is 2. The molecule has 0 radical (unpaired) electrons. The molecule has 2 aromatic carbocycles. The van der Waals surface area contributed by atoms with Gasteiger partial charge in [0.1, 0.15) is 23.9 Å². The van der Waals surface area contributed by atoms with Crippen LogP contribution in [0.2, 0.25) is 0 Å². The first kappa shape index (κ1) is 23.6. The monoisotopic (exact) mass is 494 g/mol. The summed E-state index contributed by atoms with van der Waals surface area (Å²) in [6, 6.07) is 13.6. The number of benzene rings is 2. The van der Waals surface area contributed by atoms with Gasteiger partial charge in [-0.3, -0.25) is 14.6 Å². The molecule has 11 heteroatoms. The summed E-state index contributed by atoms with van der Waals surface area (Å²) >= 11 is 1.13. The molecule has 4 N–H and O–H groups in total. The molecule has 4 rings (SSSR count). The van der Waals surface area contributed by atoms with E-state index < -0.39 is 30.3 Å². The van der Waals surface area contributed by atoms with Gasteiger partial charge in [0.2, 0.25) is 0 Å². The lowest BCUT2D eigenvalue weighted by molar-refractivity contribution is -0.135. The zero-order valence-corrected chi connectivity index (χ0v) is 19.1. The minimum absolute atomic E-state index is 0.0797. The first-order chi connectivity index (χ1) is 16.8. The maximum atomic E-state index is 13.8. The summed E-state index contributed by atoms with van der Waals surface area (Å²) in [5.41, 5.74) is 1.89. The number of fused-ring (bicyclic) bond motifs is 1. The molecule has 178 valence electrons. The summed E-state index contributed by atoms with van der Waals surface area (Å²) in [4.78, 5) is 39.6. The number of ether oxygens (including phenoxy) is 1. The number of aromatic nitrogens is 1. The lowest BCUT2D eigenvalue weighted by Crippen LogP contribution is -2.28. The second kappa shape index (κ2) is 10.2. The number of urea groups is 1. The molecule has 0 spiro atoms. The van der Waals surface area contributed by atoms with Crippen molar-refractivity contribution in [3.05, 3.63) is 77.1 Å². The Kier molecular flexibility index (Phi) is 6.88. The maximum Gasteiger partial charge on any atom is 0.323 e. The highest BCUT2D eigenvalue weighted by Gasteiger charge is 2.15. The Bertz CT molecular complexity index is 1420. The fourth-order valence-corrected chi connectivity index (χ4v) is 4.08. The Morgan fingerprint density at radius 2 is 1.83 bits per heavy atom. The van der Waals surface area contributed by atoms with E-state index in [1.54, 1.807) is 49.4 Å². The Morgan fingerprint density at radius 3 is 2.57 bits per heavy atom. The molecule has 0 atom stereocenters. The zero-order chi connectivity index (χ0) is 24.9. The molecule has 2 heterocycles. The Labute approximate surface area is 202 Å². The van der Waals surface area contributed by atoms with E-state index in [-0.39, 0.29) is 5.69 Å². The molecule has 35 heavy (non-hydrogen) atoms. The van der Waals surface area contributed by atoms with Gasteiger partial charge in [0.15, 0.2) is 0 Å². The molecule has 0 saturated heterocycles. The quantitative estimate of drug-likeness (QED) is 0.286. The number of hydrogen-bond acceptors (Lipinski definition) is 6. The largest absolute Gasteiger partial charge is 0.480 e. The van der Waals surface area contributed by atoms with Crippen LogP contribution in [0, 0.1) is 12.7 Å². The number of hydrogen-bond donors (Lipinski definition) is 4. The number of pyridine rings is 1.